The molecule has 2 heterocycles. The lowest BCUT2D eigenvalue weighted by Gasteiger charge is -2.29. The molecule has 0 fully saturated rings. The Morgan fingerprint density at radius 1 is 1.29 bits per heavy atom. The molecular formula is C20H25ClN4O3. The minimum atomic E-state index is -0.573. The largest absolute Gasteiger partial charge is 0.444 e. The number of ether oxygens (including phenoxy) is 1. The number of hydrogen-bond acceptors (Lipinski definition) is 4. The lowest BCUT2D eigenvalue weighted by atomic mass is 10.0. The van der Waals surface area contributed by atoms with Crippen molar-refractivity contribution in [3.63, 3.8) is 0 Å². The van der Waals surface area contributed by atoms with Crippen LogP contribution < -0.4 is 5.32 Å². The molecule has 1 N–H and O–H groups in total. The van der Waals surface area contributed by atoms with Crippen LogP contribution in [0.25, 0.3) is 0 Å². The second-order valence-electron chi connectivity index (χ2n) is 7.96. The molecule has 7 nitrogen and oxygen atoms in total. The Hall–Kier alpha value is -2.54. The van der Waals surface area contributed by atoms with Gasteiger partial charge in [-0.1, -0.05) is 17.7 Å². The monoisotopic (exact) mass is 404 g/mol. The molecule has 28 heavy (non-hydrogen) atoms. The van der Waals surface area contributed by atoms with Gasteiger partial charge in [-0.15, -0.1) is 0 Å². The number of halogens is 1. The predicted octanol–water partition coefficient (Wildman–Crippen LogP) is 3.93. The molecule has 0 atom stereocenters. The van der Waals surface area contributed by atoms with E-state index in [4.69, 9.17) is 16.3 Å². The molecule has 1 aromatic heterocycles. The highest BCUT2D eigenvalue weighted by molar-refractivity contribution is 6.31. The van der Waals surface area contributed by atoms with Crippen LogP contribution in [0.3, 0.4) is 0 Å². The highest BCUT2D eigenvalue weighted by Gasteiger charge is 2.31. The van der Waals surface area contributed by atoms with Crippen molar-refractivity contribution in [2.24, 2.45) is 7.05 Å². The van der Waals surface area contributed by atoms with Crippen LogP contribution in [0.4, 0.5) is 10.5 Å². The molecule has 1 aliphatic rings. The SMILES string of the molecule is Cc1ccc(Cl)cc1NC(=O)c1c2c(nn1C)CCN(C(=O)OC(C)(C)C)C2. The van der Waals surface area contributed by atoms with Crippen molar-refractivity contribution in [1.82, 2.24) is 14.7 Å². The van der Waals surface area contributed by atoms with Crippen LogP contribution in [0.5, 0.6) is 0 Å². The van der Waals surface area contributed by atoms with Crippen molar-refractivity contribution < 1.29 is 14.3 Å². The summed E-state index contributed by atoms with van der Waals surface area (Å²) in [5.74, 6) is -0.285. The molecule has 0 aliphatic carbocycles. The molecule has 2 amide bonds. The van der Waals surface area contributed by atoms with Gasteiger partial charge < -0.3 is 15.0 Å². The van der Waals surface area contributed by atoms with Crippen LogP contribution in [-0.2, 0) is 24.8 Å². The summed E-state index contributed by atoms with van der Waals surface area (Å²) in [5.41, 5.74) is 2.99. The number of anilines is 1. The van der Waals surface area contributed by atoms with Gasteiger partial charge in [0, 0.05) is 36.3 Å². The Morgan fingerprint density at radius 2 is 2.00 bits per heavy atom. The number of nitrogens with zero attached hydrogens (tertiary/aromatic N) is 3. The quantitative estimate of drug-likeness (QED) is 0.822. The van der Waals surface area contributed by atoms with E-state index >= 15 is 0 Å². The number of aromatic nitrogens is 2. The molecule has 0 unspecified atom stereocenters. The van der Waals surface area contributed by atoms with Gasteiger partial charge in [-0.2, -0.15) is 5.10 Å². The zero-order valence-electron chi connectivity index (χ0n) is 16.8. The Labute approximate surface area is 169 Å². The summed E-state index contributed by atoms with van der Waals surface area (Å²) in [7, 11) is 1.73. The van der Waals surface area contributed by atoms with E-state index in [-0.39, 0.29) is 18.5 Å². The Morgan fingerprint density at radius 3 is 2.68 bits per heavy atom. The first kappa shape index (κ1) is 20.2. The number of nitrogens with one attached hydrogen (secondary N) is 1. The molecule has 0 saturated carbocycles. The maximum absolute atomic E-state index is 13.0. The number of carbonyl (C=O) groups excluding carboxylic acids is 2. The molecule has 0 bridgehead atoms. The van der Waals surface area contributed by atoms with Crippen molar-refractivity contribution in [3.05, 3.63) is 45.7 Å². The molecule has 1 aliphatic heterocycles. The first-order valence-electron chi connectivity index (χ1n) is 9.15. The van der Waals surface area contributed by atoms with E-state index in [0.29, 0.717) is 29.4 Å². The molecule has 0 saturated heterocycles. The van der Waals surface area contributed by atoms with Gasteiger partial charge in [-0.25, -0.2) is 4.79 Å². The van der Waals surface area contributed by atoms with Gasteiger partial charge in [0.25, 0.3) is 5.91 Å². The Balaban J connectivity index is 1.85. The summed E-state index contributed by atoms with van der Waals surface area (Å²) in [6.45, 7) is 8.18. The zero-order valence-corrected chi connectivity index (χ0v) is 17.6. The number of aryl methyl sites for hydroxylation is 2. The van der Waals surface area contributed by atoms with E-state index < -0.39 is 5.60 Å². The van der Waals surface area contributed by atoms with E-state index in [1.165, 1.54) is 0 Å². The number of amides is 2. The normalized spacial score (nSPS) is 13.9. The van der Waals surface area contributed by atoms with E-state index in [1.54, 1.807) is 28.8 Å². The first-order chi connectivity index (χ1) is 13.0. The summed E-state index contributed by atoms with van der Waals surface area (Å²) in [6, 6.07) is 5.34. The van der Waals surface area contributed by atoms with Crippen molar-refractivity contribution in [1.29, 1.82) is 0 Å². The van der Waals surface area contributed by atoms with E-state index in [0.717, 1.165) is 16.8 Å². The third kappa shape index (κ3) is 4.30. The van der Waals surface area contributed by atoms with Crippen molar-refractivity contribution >= 4 is 29.3 Å². The van der Waals surface area contributed by atoms with Gasteiger partial charge in [-0.05, 0) is 45.4 Å². The minimum absolute atomic E-state index is 0.285. The van der Waals surface area contributed by atoms with Gasteiger partial charge in [0.05, 0.1) is 12.2 Å². The summed E-state index contributed by atoms with van der Waals surface area (Å²) in [5, 5.41) is 7.93. The summed E-state index contributed by atoms with van der Waals surface area (Å²) in [4.78, 5) is 27.0. The summed E-state index contributed by atoms with van der Waals surface area (Å²) >= 11 is 6.05. The number of fused-ring (bicyclic) bond motifs is 1. The van der Waals surface area contributed by atoms with Gasteiger partial charge in [0.2, 0.25) is 0 Å². The van der Waals surface area contributed by atoms with Gasteiger partial charge in [0.15, 0.2) is 0 Å². The average molecular weight is 405 g/mol. The lowest BCUT2D eigenvalue weighted by Crippen LogP contribution is -2.40. The molecule has 0 radical (unpaired) electrons. The van der Waals surface area contributed by atoms with E-state index in [1.807, 2.05) is 33.8 Å². The van der Waals surface area contributed by atoms with Crippen LogP contribution in [0.2, 0.25) is 5.02 Å². The van der Waals surface area contributed by atoms with Crippen molar-refractivity contribution in [3.8, 4) is 0 Å². The van der Waals surface area contributed by atoms with E-state index in [2.05, 4.69) is 10.4 Å². The molecular weight excluding hydrogens is 380 g/mol. The van der Waals surface area contributed by atoms with Gasteiger partial charge in [0.1, 0.15) is 11.3 Å². The fourth-order valence-corrected chi connectivity index (χ4v) is 3.35. The summed E-state index contributed by atoms with van der Waals surface area (Å²) in [6.07, 6.45) is 0.186. The highest BCUT2D eigenvalue weighted by Crippen LogP contribution is 2.26. The van der Waals surface area contributed by atoms with Gasteiger partial charge >= 0.3 is 6.09 Å². The van der Waals surface area contributed by atoms with E-state index in [9.17, 15) is 9.59 Å². The highest BCUT2D eigenvalue weighted by atomic mass is 35.5. The average Bonchev–Trinajstić information content (AvgIpc) is 2.91. The second kappa shape index (κ2) is 7.47. The Bertz CT molecular complexity index is 930. The maximum Gasteiger partial charge on any atom is 0.410 e. The van der Waals surface area contributed by atoms with Crippen LogP contribution >= 0.6 is 11.6 Å². The molecule has 150 valence electrons. The third-order valence-electron chi connectivity index (χ3n) is 4.51. The van der Waals surface area contributed by atoms with Crippen LogP contribution in [0.1, 0.15) is 48.1 Å². The smallest absolute Gasteiger partial charge is 0.410 e. The Kier molecular flexibility index (Phi) is 5.39. The number of hydrogen-bond donors (Lipinski definition) is 1. The molecule has 3 rings (SSSR count). The molecule has 2 aromatic rings. The minimum Gasteiger partial charge on any atom is -0.444 e. The first-order valence-corrected chi connectivity index (χ1v) is 9.53. The fourth-order valence-electron chi connectivity index (χ4n) is 3.18. The second-order valence-corrected chi connectivity index (χ2v) is 8.40. The predicted molar refractivity (Wildman–Crippen MR) is 108 cm³/mol. The number of carbonyl (C=O) groups is 2. The lowest BCUT2D eigenvalue weighted by molar-refractivity contribution is 0.0222. The maximum atomic E-state index is 13.0. The van der Waals surface area contributed by atoms with Crippen LogP contribution in [-0.4, -0.2) is 38.8 Å². The standard InChI is InChI=1S/C20H25ClN4O3/c1-12-6-7-13(21)10-16(12)22-18(26)17-14-11-25(19(27)28-20(2,3)4)9-8-15(14)23-24(17)5/h6-7,10H,8-9,11H2,1-5H3,(H,22,26). The third-order valence-corrected chi connectivity index (χ3v) is 4.75. The van der Waals surface area contributed by atoms with Gasteiger partial charge in [-0.3, -0.25) is 9.48 Å². The molecule has 1 aromatic carbocycles. The number of rotatable bonds is 2. The van der Waals surface area contributed by atoms with Crippen LogP contribution in [0, 0.1) is 6.92 Å². The molecule has 0 spiro atoms. The fraction of sp³-hybridized carbons (Fsp3) is 0.450. The topological polar surface area (TPSA) is 76.5 Å². The van der Waals surface area contributed by atoms with Crippen molar-refractivity contribution in [2.75, 3.05) is 11.9 Å². The summed E-state index contributed by atoms with van der Waals surface area (Å²) < 4.78 is 7.04. The zero-order chi connectivity index (χ0) is 20.6. The van der Waals surface area contributed by atoms with Crippen molar-refractivity contribution in [2.45, 2.75) is 46.3 Å². The van der Waals surface area contributed by atoms with Crippen LogP contribution in [0.15, 0.2) is 18.2 Å². The number of benzene rings is 1. The molecule has 8 heteroatoms.